The number of hydrogen-bond donors (Lipinski definition) is 2. The van der Waals surface area contributed by atoms with Crippen LogP contribution < -0.4 is 11.1 Å². The molecule has 0 aliphatic carbocycles. The maximum Gasteiger partial charge on any atom is 0.252 e. The number of benzene rings is 1. The third-order valence-electron chi connectivity index (χ3n) is 4.33. The summed E-state index contributed by atoms with van der Waals surface area (Å²) in [5, 5.41) is 10.0. The monoisotopic (exact) mass is 429 g/mol. The second-order valence-electron chi connectivity index (χ2n) is 6.68. The second-order valence-corrected chi connectivity index (χ2v) is 8.76. The van der Waals surface area contributed by atoms with Crippen LogP contribution in [-0.2, 0) is 24.0 Å². The molecule has 1 unspecified atom stereocenters. The van der Waals surface area contributed by atoms with E-state index in [1.807, 2.05) is 43.7 Å². The predicted molar refractivity (Wildman–Crippen MR) is 115 cm³/mol. The van der Waals surface area contributed by atoms with Gasteiger partial charge >= 0.3 is 0 Å². The van der Waals surface area contributed by atoms with Crippen molar-refractivity contribution < 1.29 is 9.59 Å². The second kappa shape index (κ2) is 9.71. The van der Waals surface area contributed by atoms with Crippen molar-refractivity contribution >= 4 is 34.9 Å². The van der Waals surface area contributed by atoms with E-state index >= 15 is 0 Å². The number of thiazole rings is 1. The number of nitrogens with one attached hydrogen (secondary N) is 1. The fraction of sp³-hybridized carbons (Fsp3) is 0.300. The molecule has 0 spiro atoms. The van der Waals surface area contributed by atoms with E-state index in [-0.39, 0.29) is 12.5 Å². The lowest BCUT2D eigenvalue weighted by atomic mass is 10.0. The summed E-state index contributed by atoms with van der Waals surface area (Å²) < 4.78 is 1.67. The van der Waals surface area contributed by atoms with Crippen LogP contribution in [0.15, 0.2) is 46.9 Å². The third-order valence-corrected chi connectivity index (χ3v) is 6.26. The lowest BCUT2D eigenvalue weighted by molar-refractivity contribution is -0.121. The lowest BCUT2D eigenvalue weighted by Gasteiger charge is -2.15. The van der Waals surface area contributed by atoms with Gasteiger partial charge < -0.3 is 11.1 Å². The average Bonchev–Trinajstić information content (AvgIpc) is 3.30. The number of nitrogens with zero attached hydrogens (tertiary/aromatic N) is 3. The molecular formula is C20H23N5O2S2. The van der Waals surface area contributed by atoms with E-state index in [2.05, 4.69) is 15.4 Å². The van der Waals surface area contributed by atoms with E-state index in [4.69, 9.17) is 5.73 Å². The van der Waals surface area contributed by atoms with Crippen molar-refractivity contribution in [1.29, 1.82) is 0 Å². The third kappa shape index (κ3) is 5.91. The number of aromatic nitrogens is 3. The number of amides is 2. The lowest BCUT2D eigenvalue weighted by Crippen LogP contribution is -2.37. The summed E-state index contributed by atoms with van der Waals surface area (Å²) in [7, 11) is 1.81. The Balaban J connectivity index is 1.62. The molecule has 3 N–H and O–H groups in total. The largest absolute Gasteiger partial charge is 0.369 e. The Morgan fingerprint density at radius 2 is 2.14 bits per heavy atom. The van der Waals surface area contributed by atoms with Gasteiger partial charge in [0.15, 0.2) is 0 Å². The van der Waals surface area contributed by atoms with Crippen LogP contribution in [0.5, 0.6) is 0 Å². The zero-order valence-electron chi connectivity index (χ0n) is 16.3. The Morgan fingerprint density at radius 3 is 2.79 bits per heavy atom. The standard InChI is InChI=1S/C20H23N5O2S2/c1-13-24-16(11-28-13)12-29-18-6-4-3-5-17(18)20(27)22-9-15(19(21)26)7-14-8-23-25(2)10-14/h3-6,8,10-11,15H,7,9,12H2,1-2H3,(H2,21,26)(H,22,27). The predicted octanol–water partition coefficient (Wildman–Crippen LogP) is 2.55. The van der Waals surface area contributed by atoms with E-state index in [1.54, 1.807) is 40.0 Å². The van der Waals surface area contributed by atoms with Crippen LogP contribution in [0, 0.1) is 12.8 Å². The van der Waals surface area contributed by atoms with E-state index in [0.29, 0.717) is 17.7 Å². The molecule has 2 aromatic heterocycles. The van der Waals surface area contributed by atoms with Crippen molar-refractivity contribution in [2.24, 2.45) is 18.7 Å². The van der Waals surface area contributed by atoms with Crippen LogP contribution in [0.4, 0.5) is 0 Å². The molecule has 3 rings (SSSR count). The summed E-state index contributed by atoms with van der Waals surface area (Å²) in [4.78, 5) is 29.9. The quantitative estimate of drug-likeness (QED) is 0.509. The van der Waals surface area contributed by atoms with E-state index in [1.165, 1.54) is 0 Å². The molecule has 29 heavy (non-hydrogen) atoms. The first-order valence-electron chi connectivity index (χ1n) is 9.10. The first-order chi connectivity index (χ1) is 13.9. The highest BCUT2D eigenvalue weighted by molar-refractivity contribution is 7.98. The number of nitrogens with two attached hydrogens (primary N) is 1. The zero-order chi connectivity index (χ0) is 20.8. The van der Waals surface area contributed by atoms with Crippen LogP contribution in [0.25, 0.3) is 0 Å². The molecule has 0 saturated heterocycles. The van der Waals surface area contributed by atoms with Gasteiger partial charge in [0, 0.05) is 35.8 Å². The minimum Gasteiger partial charge on any atom is -0.369 e. The molecule has 0 aliphatic heterocycles. The van der Waals surface area contributed by atoms with Gasteiger partial charge in [-0.1, -0.05) is 12.1 Å². The van der Waals surface area contributed by atoms with Gasteiger partial charge in [-0.05, 0) is 31.0 Å². The molecule has 0 radical (unpaired) electrons. The molecule has 0 fully saturated rings. The summed E-state index contributed by atoms with van der Waals surface area (Å²) in [5.41, 5.74) is 8.01. The minimum atomic E-state index is -0.499. The molecule has 3 aromatic rings. The van der Waals surface area contributed by atoms with Gasteiger partial charge in [-0.3, -0.25) is 14.3 Å². The van der Waals surface area contributed by atoms with Crippen molar-refractivity contribution in [1.82, 2.24) is 20.1 Å². The molecule has 0 bridgehead atoms. The van der Waals surface area contributed by atoms with Gasteiger partial charge in [0.1, 0.15) is 0 Å². The number of carbonyl (C=O) groups is 2. The van der Waals surface area contributed by atoms with Gasteiger partial charge in [-0.2, -0.15) is 5.10 Å². The molecule has 7 nitrogen and oxygen atoms in total. The van der Waals surface area contributed by atoms with Gasteiger partial charge in [0.25, 0.3) is 5.91 Å². The topological polar surface area (TPSA) is 103 Å². The van der Waals surface area contributed by atoms with Crippen LogP contribution in [0.3, 0.4) is 0 Å². The number of thioether (sulfide) groups is 1. The minimum absolute atomic E-state index is 0.174. The SMILES string of the molecule is Cc1nc(CSc2ccccc2C(=O)NCC(Cc2cnn(C)c2)C(N)=O)cs1. The van der Waals surface area contributed by atoms with E-state index in [0.717, 1.165) is 21.2 Å². The van der Waals surface area contributed by atoms with E-state index < -0.39 is 11.8 Å². The summed E-state index contributed by atoms with van der Waals surface area (Å²) in [6.45, 7) is 2.15. The number of rotatable bonds is 9. The van der Waals surface area contributed by atoms with Gasteiger partial charge in [-0.15, -0.1) is 23.1 Å². The van der Waals surface area contributed by atoms with Gasteiger partial charge in [0.05, 0.1) is 28.4 Å². The summed E-state index contributed by atoms with van der Waals surface area (Å²) >= 11 is 3.18. The van der Waals surface area contributed by atoms with Crippen LogP contribution in [0.2, 0.25) is 0 Å². The maximum absolute atomic E-state index is 12.8. The molecule has 0 saturated carbocycles. The Kier molecular flexibility index (Phi) is 7.05. The van der Waals surface area contributed by atoms with E-state index in [9.17, 15) is 9.59 Å². The van der Waals surface area contributed by atoms with Crippen LogP contribution in [0.1, 0.15) is 26.6 Å². The van der Waals surface area contributed by atoms with Gasteiger partial charge in [-0.25, -0.2) is 4.98 Å². The molecule has 9 heteroatoms. The highest BCUT2D eigenvalue weighted by Gasteiger charge is 2.19. The molecule has 152 valence electrons. The molecule has 1 atom stereocenters. The molecule has 1 aromatic carbocycles. The van der Waals surface area contributed by atoms with Crippen molar-refractivity contribution in [3.8, 4) is 0 Å². The van der Waals surface area contributed by atoms with Gasteiger partial charge in [0.2, 0.25) is 5.91 Å². The Morgan fingerprint density at radius 1 is 1.34 bits per heavy atom. The number of carbonyl (C=O) groups excluding carboxylic acids is 2. The maximum atomic E-state index is 12.8. The molecule has 2 amide bonds. The normalized spacial score (nSPS) is 11.9. The Bertz CT molecular complexity index is 998. The molecule has 2 heterocycles. The fourth-order valence-corrected chi connectivity index (χ4v) is 4.51. The average molecular weight is 430 g/mol. The molecule has 0 aliphatic rings. The Labute approximate surface area is 177 Å². The highest BCUT2D eigenvalue weighted by Crippen LogP contribution is 2.27. The smallest absolute Gasteiger partial charge is 0.252 e. The van der Waals surface area contributed by atoms with Crippen molar-refractivity contribution in [3.05, 3.63) is 63.9 Å². The highest BCUT2D eigenvalue weighted by atomic mass is 32.2. The van der Waals surface area contributed by atoms with Crippen LogP contribution >= 0.6 is 23.1 Å². The van der Waals surface area contributed by atoms with Crippen molar-refractivity contribution in [2.45, 2.75) is 24.0 Å². The van der Waals surface area contributed by atoms with Crippen molar-refractivity contribution in [3.63, 3.8) is 0 Å². The zero-order valence-corrected chi connectivity index (χ0v) is 17.9. The number of primary amides is 1. The summed E-state index contributed by atoms with van der Waals surface area (Å²) in [6.07, 6.45) is 3.97. The van der Waals surface area contributed by atoms with Crippen LogP contribution in [-0.4, -0.2) is 33.1 Å². The fourth-order valence-electron chi connectivity index (χ4n) is 2.85. The Hall–Kier alpha value is -2.65. The summed E-state index contributed by atoms with van der Waals surface area (Å²) in [5.74, 6) is -0.476. The first kappa shape index (κ1) is 21.1. The first-order valence-corrected chi connectivity index (χ1v) is 11.0. The van der Waals surface area contributed by atoms with Crippen molar-refractivity contribution in [2.75, 3.05) is 6.54 Å². The number of hydrogen-bond acceptors (Lipinski definition) is 6. The summed E-state index contributed by atoms with van der Waals surface area (Å²) in [6, 6.07) is 7.43. The molecular weight excluding hydrogens is 406 g/mol. The number of aryl methyl sites for hydroxylation is 2.